The van der Waals surface area contributed by atoms with Crippen LogP contribution >= 0.6 is 11.6 Å². The fraction of sp³-hybridized carbons (Fsp3) is 0.750. The van der Waals surface area contributed by atoms with Gasteiger partial charge in [-0.2, -0.15) is 0 Å². The molecule has 0 aliphatic heterocycles. The van der Waals surface area contributed by atoms with Crippen molar-refractivity contribution in [2.75, 3.05) is 5.88 Å². The molecular formula is C12H20ClO2-. The van der Waals surface area contributed by atoms with Crippen molar-refractivity contribution in [1.29, 1.82) is 0 Å². The lowest BCUT2D eigenvalue weighted by Crippen LogP contribution is -2.21. The molecule has 0 aromatic rings. The Hall–Kier alpha value is -0.500. The molecule has 0 amide bonds. The maximum absolute atomic E-state index is 10.2. The van der Waals surface area contributed by atoms with Crippen molar-refractivity contribution in [3.8, 4) is 0 Å². The molecule has 0 rings (SSSR count). The first-order valence-corrected chi connectivity index (χ1v) is 6.01. The largest absolute Gasteiger partial charge is 0.550 e. The number of alkyl halides is 1. The Morgan fingerprint density at radius 2 is 2.13 bits per heavy atom. The van der Waals surface area contributed by atoms with Crippen molar-refractivity contribution in [2.45, 2.75) is 46.0 Å². The number of rotatable bonds is 8. The van der Waals surface area contributed by atoms with Crippen LogP contribution < -0.4 is 5.11 Å². The molecule has 0 bridgehead atoms. The van der Waals surface area contributed by atoms with Crippen molar-refractivity contribution in [3.63, 3.8) is 0 Å². The molecule has 0 radical (unpaired) electrons. The van der Waals surface area contributed by atoms with Crippen LogP contribution in [-0.2, 0) is 4.79 Å². The van der Waals surface area contributed by atoms with E-state index < -0.39 is 5.97 Å². The minimum absolute atomic E-state index is 0.181. The highest BCUT2D eigenvalue weighted by Gasteiger charge is 2.00. The Balaban J connectivity index is 3.49. The molecule has 0 saturated carbocycles. The van der Waals surface area contributed by atoms with E-state index in [1.54, 1.807) is 0 Å². The predicted octanol–water partition coefficient (Wildman–Crippen LogP) is 2.51. The summed E-state index contributed by atoms with van der Waals surface area (Å²) in [6.45, 7) is 4.17. The van der Waals surface area contributed by atoms with Crippen molar-refractivity contribution in [1.82, 2.24) is 0 Å². The molecule has 15 heavy (non-hydrogen) atoms. The van der Waals surface area contributed by atoms with Crippen molar-refractivity contribution in [2.24, 2.45) is 5.92 Å². The number of hydrogen-bond donors (Lipinski definition) is 0. The molecule has 0 unspecified atom stereocenters. The van der Waals surface area contributed by atoms with Gasteiger partial charge in [-0.3, -0.25) is 0 Å². The zero-order valence-corrected chi connectivity index (χ0v) is 10.3. The van der Waals surface area contributed by atoms with Gasteiger partial charge in [0, 0.05) is 11.8 Å². The molecule has 1 atom stereocenters. The van der Waals surface area contributed by atoms with Crippen LogP contribution in [0.5, 0.6) is 0 Å². The third kappa shape index (κ3) is 9.80. The van der Waals surface area contributed by atoms with Gasteiger partial charge in [-0.25, -0.2) is 0 Å². The highest BCUT2D eigenvalue weighted by Crippen LogP contribution is 2.14. The van der Waals surface area contributed by atoms with E-state index in [1.165, 1.54) is 5.57 Å². The Labute approximate surface area is 97.3 Å². The second-order valence-corrected chi connectivity index (χ2v) is 4.40. The van der Waals surface area contributed by atoms with Crippen LogP contribution in [0.1, 0.15) is 46.0 Å². The maximum Gasteiger partial charge on any atom is 0.0430 e. The summed E-state index contributed by atoms with van der Waals surface area (Å²) in [4.78, 5) is 10.2. The Kier molecular flexibility index (Phi) is 8.49. The molecule has 0 aromatic heterocycles. The highest BCUT2D eigenvalue weighted by molar-refractivity contribution is 6.19. The molecule has 0 heterocycles. The lowest BCUT2D eigenvalue weighted by molar-refractivity contribution is -0.305. The summed E-state index contributed by atoms with van der Waals surface area (Å²) in [5.74, 6) is 0.225. The van der Waals surface area contributed by atoms with E-state index in [0.717, 1.165) is 25.7 Å². The average Bonchev–Trinajstić information content (AvgIpc) is 2.17. The number of hydrogen-bond acceptors (Lipinski definition) is 2. The van der Waals surface area contributed by atoms with Crippen LogP contribution in [0, 0.1) is 5.92 Å². The number of carboxylic acid groups (broad SMARTS) is 1. The summed E-state index contributed by atoms with van der Waals surface area (Å²) in [7, 11) is 0. The van der Waals surface area contributed by atoms with Gasteiger partial charge in [-0.1, -0.05) is 25.0 Å². The van der Waals surface area contributed by atoms with Crippen molar-refractivity contribution >= 4 is 17.6 Å². The molecule has 3 heteroatoms. The van der Waals surface area contributed by atoms with Crippen LogP contribution in [0.4, 0.5) is 0 Å². The van der Waals surface area contributed by atoms with Gasteiger partial charge < -0.3 is 9.90 Å². The molecule has 0 aliphatic carbocycles. The molecule has 0 N–H and O–H groups in total. The Bertz CT molecular complexity index is 212. The van der Waals surface area contributed by atoms with Gasteiger partial charge in [0.15, 0.2) is 0 Å². The summed E-state index contributed by atoms with van der Waals surface area (Å²) in [6, 6.07) is 0. The van der Waals surface area contributed by atoms with Crippen molar-refractivity contribution < 1.29 is 9.90 Å². The van der Waals surface area contributed by atoms with E-state index in [9.17, 15) is 9.90 Å². The van der Waals surface area contributed by atoms with Crippen LogP contribution in [-0.4, -0.2) is 11.8 Å². The number of allylic oxidation sites excluding steroid dienone is 2. The Morgan fingerprint density at radius 1 is 1.47 bits per heavy atom. The summed E-state index contributed by atoms with van der Waals surface area (Å²) in [6.07, 6.45) is 6.15. The van der Waals surface area contributed by atoms with E-state index in [-0.39, 0.29) is 6.42 Å². The molecule has 0 aromatic carbocycles. The van der Waals surface area contributed by atoms with E-state index in [2.05, 4.69) is 13.0 Å². The van der Waals surface area contributed by atoms with E-state index in [1.807, 2.05) is 6.92 Å². The Morgan fingerprint density at radius 3 is 2.67 bits per heavy atom. The molecule has 0 fully saturated rings. The smallest absolute Gasteiger partial charge is 0.0430 e. The average molecular weight is 232 g/mol. The van der Waals surface area contributed by atoms with Crippen LogP contribution in [0.25, 0.3) is 0 Å². The lowest BCUT2D eigenvalue weighted by Gasteiger charge is -2.10. The van der Waals surface area contributed by atoms with Crippen LogP contribution in [0.15, 0.2) is 11.6 Å². The molecule has 0 aliphatic rings. The quantitative estimate of drug-likeness (QED) is 0.476. The summed E-state index contributed by atoms with van der Waals surface area (Å²) in [5.41, 5.74) is 1.21. The zero-order valence-electron chi connectivity index (χ0n) is 9.59. The third-order valence-corrected chi connectivity index (χ3v) is 2.86. The fourth-order valence-electron chi connectivity index (χ4n) is 1.41. The number of halogens is 1. The zero-order chi connectivity index (χ0) is 11.7. The first kappa shape index (κ1) is 14.5. The summed E-state index contributed by atoms with van der Waals surface area (Å²) in [5, 5.41) is 10.2. The predicted molar refractivity (Wildman–Crippen MR) is 61.7 cm³/mol. The molecule has 2 nitrogen and oxygen atoms in total. The van der Waals surface area contributed by atoms with Gasteiger partial charge in [0.05, 0.1) is 0 Å². The molecule has 0 saturated heterocycles. The highest BCUT2D eigenvalue weighted by atomic mass is 35.5. The van der Waals surface area contributed by atoms with Crippen LogP contribution in [0.3, 0.4) is 0 Å². The van der Waals surface area contributed by atoms with Gasteiger partial charge >= 0.3 is 0 Å². The molecule has 0 spiro atoms. The van der Waals surface area contributed by atoms with E-state index in [4.69, 9.17) is 11.6 Å². The number of carbonyl (C=O) groups is 1. The number of aliphatic carboxylic acids is 1. The van der Waals surface area contributed by atoms with E-state index >= 15 is 0 Å². The topological polar surface area (TPSA) is 40.1 Å². The fourth-order valence-corrected chi connectivity index (χ4v) is 1.52. The first-order valence-electron chi connectivity index (χ1n) is 5.47. The van der Waals surface area contributed by atoms with Gasteiger partial charge in [-0.05, 0) is 38.5 Å². The standard InChI is InChI=1S/C12H21ClO2/c1-10(6-4-8-12(14)15)5-3-7-11(2)9-13/h7,10H,3-6,8-9H2,1-2H3,(H,14,15)/p-1/b11-7+/t10-/m1/s1. The molecule has 88 valence electrons. The minimum Gasteiger partial charge on any atom is -0.550 e. The lowest BCUT2D eigenvalue weighted by atomic mass is 9.98. The minimum atomic E-state index is -0.944. The summed E-state index contributed by atoms with van der Waals surface area (Å²) >= 11 is 5.65. The van der Waals surface area contributed by atoms with Crippen LogP contribution in [0.2, 0.25) is 0 Å². The van der Waals surface area contributed by atoms with E-state index in [0.29, 0.717) is 11.8 Å². The van der Waals surface area contributed by atoms with Gasteiger partial charge in [-0.15, -0.1) is 11.6 Å². The maximum atomic E-state index is 10.2. The van der Waals surface area contributed by atoms with Gasteiger partial charge in [0.1, 0.15) is 0 Å². The van der Waals surface area contributed by atoms with Crippen molar-refractivity contribution in [3.05, 3.63) is 11.6 Å². The van der Waals surface area contributed by atoms with Gasteiger partial charge in [0.25, 0.3) is 0 Å². The molecular weight excluding hydrogens is 212 g/mol. The number of carboxylic acids is 1. The second kappa shape index (κ2) is 8.78. The third-order valence-electron chi connectivity index (χ3n) is 2.44. The summed E-state index contributed by atoms with van der Waals surface area (Å²) < 4.78 is 0. The SMILES string of the molecule is C/C(=C\CC[C@@H](C)CCCC(=O)[O-])CCl. The normalized spacial score (nSPS) is 13.9. The number of carbonyl (C=O) groups excluding carboxylic acids is 1. The first-order chi connectivity index (χ1) is 7.06. The monoisotopic (exact) mass is 231 g/mol. The second-order valence-electron chi connectivity index (χ2n) is 4.13. The van der Waals surface area contributed by atoms with Gasteiger partial charge in [0.2, 0.25) is 0 Å².